The van der Waals surface area contributed by atoms with E-state index in [-0.39, 0.29) is 30.7 Å². The molecule has 0 radical (unpaired) electrons. The molecule has 9 nitrogen and oxygen atoms in total. The molecule has 1 aromatic heterocycles. The van der Waals surface area contributed by atoms with Crippen LogP contribution in [0.15, 0.2) is 60.7 Å². The number of carbonyl (C=O) groups is 3. The monoisotopic (exact) mass is 440 g/mol. The lowest BCUT2D eigenvalue weighted by molar-refractivity contribution is -0.116. The first-order chi connectivity index (χ1) is 16.0. The van der Waals surface area contributed by atoms with Crippen molar-refractivity contribution >= 4 is 34.2 Å². The second kappa shape index (κ2) is 8.27. The van der Waals surface area contributed by atoms with Gasteiger partial charge in [-0.15, -0.1) is 5.10 Å². The van der Waals surface area contributed by atoms with Gasteiger partial charge < -0.3 is 5.32 Å². The van der Waals surface area contributed by atoms with Crippen LogP contribution in [0.5, 0.6) is 0 Å². The highest BCUT2D eigenvalue weighted by molar-refractivity contribution is 6.25. The highest BCUT2D eigenvalue weighted by atomic mass is 16.2. The van der Waals surface area contributed by atoms with Crippen LogP contribution in [0.1, 0.15) is 33.6 Å². The maximum Gasteiger partial charge on any atom is 0.261 e. The maximum absolute atomic E-state index is 12.9. The van der Waals surface area contributed by atoms with Gasteiger partial charge in [0, 0.05) is 47.8 Å². The molecule has 0 spiro atoms. The number of anilines is 1. The quantitative estimate of drug-likeness (QED) is 0.462. The molecule has 9 heteroatoms. The molecular weight excluding hydrogens is 420 g/mol. The molecule has 1 aliphatic heterocycles. The number of amides is 3. The molecule has 0 fully saturated rings. The average molecular weight is 440 g/mol. The van der Waals surface area contributed by atoms with E-state index in [1.165, 1.54) is 4.90 Å². The van der Waals surface area contributed by atoms with E-state index in [0.29, 0.717) is 34.4 Å². The van der Waals surface area contributed by atoms with Crippen LogP contribution < -0.4 is 5.32 Å². The summed E-state index contributed by atoms with van der Waals surface area (Å²) in [6.45, 7) is 0.167. The number of aryl methyl sites for hydroxylation is 1. The van der Waals surface area contributed by atoms with Gasteiger partial charge in [0.2, 0.25) is 5.91 Å². The largest absolute Gasteiger partial charge is 0.326 e. The van der Waals surface area contributed by atoms with Crippen molar-refractivity contribution in [1.29, 1.82) is 0 Å². The molecular formula is C24H20N6O3. The number of benzene rings is 3. The van der Waals surface area contributed by atoms with Gasteiger partial charge in [-0.25, -0.2) is 4.68 Å². The summed E-state index contributed by atoms with van der Waals surface area (Å²) in [7, 11) is 1.74. The molecule has 5 rings (SSSR count). The molecule has 0 saturated heterocycles. The van der Waals surface area contributed by atoms with E-state index < -0.39 is 0 Å². The highest BCUT2D eigenvalue weighted by Gasteiger charge is 2.32. The molecule has 1 N–H and O–H groups in total. The Morgan fingerprint density at radius 3 is 2.33 bits per heavy atom. The minimum absolute atomic E-state index is 0.165. The number of aromatic nitrogens is 4. The lowest BCUT2D eigenvalue weighted by Gasteiger charge is -2.27. The van der Waals surface area contributed by atoms with Crippen LogP contribution in [0, 0.1) is 0 Å². The maximum atomic E-state index is 12.9. The van der Waals surface area contributed by atoms with Gasteiger partial charge in [0.1, 0.15) is 0 Å². The number of tetrazole rings is 1. The standard InChI is InChI=1S/C24H20N6O3/c1-29-22(26-27-28-29)16-8-2-9-17(14-16)25-20(31)12-5-13-30-23(32)18-10-3-6-15-7-4-11-19(21(15)18)24(30)33/h2-4,6-11,14H,5,12-13H2,1H3,(H,25,31). The summed E-state index contributed by atoms with van der Waals surface area (Å²) >= 11 is 0. The van der Waals surface area contributed by atoms with Crippen molar-refractivity contribution in [1.82, 2.24) is 25.1 Å². The summed E-state index contributed by atoms with van der Waals surface area (Å²) < 4.78 is 1.55. The first kappa shape index (κ1) is 20.5. The van der Waals surface area contributed by atoms with Crippen LogP contribution in [-0.2, 0) is 11.8 Å². The van der Waals surface area contributed by atoms with Crippen molar-refractivity contribution in [2.24, 2.45) is 7.05 Å². The third kappa shape index (κ3) is 3.73. The predicted octanol–water partition coefficient (Wildman–Crippen LogP) is 3.05. The molecule has 164 valence electrons. The molecule has 0 aliphatic carbocycles. The number of nitrogens with one attached hydrogen (secondary N) is 1. The Labute approximate surface area is 189 Å². The molecule has 0 unspecified atom stereocenters. The fourth-order valence-electron chi connectivity index (χ4n) is 4.11. The molecule has 0 atom stereocenters. The fraction of sp³-hybridized carbons (Fsp3) is 0.167. The zero-order chi connectivity index (χ0) is 22.9. The molecule has 0 bridgehead atoms. The van der Waals surface area contributed by atoms with Crippen LogP contribution in [0.2, 0.25) is 0 Å². The second-order valence-electron chi connectivity index (χ2n) is 7.83. The van der Waals surface area contributed by atoms with Gasteiger partial charge in [-0.05, 0) is 46.5 Å². The molecule has 0 saturated carbocycles. The summed E-state index contributed by atoms with van der Waals surface area (Å²) in [5, 5.41) is 15.8. The Bertz CT molecular complexity index is 1360. The SMILES string of the molecule is Cn1nnnc1-c1cccc(NC(=O)CCCN2C(=O)c3cccc4cccc(c34)C2=O)c1. The Morgan fingerprint density at radius 2 is 1.67 bits per heavy atom. The number of hydrogen-bond donors (Lipinski definition) is 1. The van der Waals surface area contributed by atoms with Crippen LogP contribution in [0.3, 0.4) is 0 Å². The van der Waals surface area contributed by atoms with Crippen molar-refractivity contribution in [3.8, 4) is 11.4 Å². The molecule has 3 amide bonds. The summed E-state index contributed by atoms with van der Waals surface area (Å²) in [5.41, 5.74) is 2.42. The van der Waals surface area contributed by atoms with Crippen molar-refractivity contribution in [3.05, 3.63) is 71.8 Å². The number of imide groups is 1. The molecule has 33 heavy (non-hydrogen) atoms. The normalized spacial score (nSPS) is 12.9. The zero-order valence-corrected chi connectivity index (χ0v) is 17.9. The van der Waals surface area contributed by atoms with Gasteiger partial charge in [-0.3, -0.25) is 19.3 Å². The number of rotatable bonds is 6. The second-order valence-corrected chi connectivity index (χ2v) is 7.83. The fourth-order valence-corrected chi connectivity index (χ4v) is 4.11. The molecule has 1 aliphatic rings. The van der Waals surface area contributed by atoms with Crippen molar-refractivity contribution in [2.45, 2.75) is 12.8 Å². The van der Waals surface area contributed by atoms with Crippen molar-refractivity contribution in [3.63, 3.8) is 0 Å². The van der Waals surface area contributed by atoms with E-state index in [4.69, 9.17) is 0 Å². The zero-order valence-electron chi connectivity index (χ0n) is 17.9. The summed E-state index contributed by atoms with van der Waals surface area (Å²) in [6, 6.07) is 18.1. The molecule has 2 heterocycles. The third-order valence-corrected chi connectivity index (χ3v) is 5.67. The van der Waals surface area contributed by atoms with Crippen LogP contribution in [-0.4, -0.2) is 49.4 Å². The van der Waals surface area contributed by atoms with Crippen molar-refractivity contribution in [2.75, 3.05) is 11.9 Å². The van der Waals surface area contributed by atoms with E-state index in [1.807, 2.05) is 36.4 Å². The lowest BCUT2D eigenvalue weighted by atomic mass is 9.94. The Morgan fingerprint density at radius 1 is 0.970 bits per heavy atom. The minimum atomic E-state index is -0.324. The van der Waals surface area contributed by atoms with E-state index in [9.17, 15) is 14.4 Å². The van der Waals surface area contributed by atoms with E-state index in [1.54, 1.807) is 36.0 Å². The van der Waals surface area contributed by atoms with Crippen LogP contribution >= 0.6 is 0 Å². The van der Waals surface area contributed by atoms with Gasteiger partial charge in [0.25, 0.3) is 11.8 Å². The average Bonchev–Trinajstić information content (AvgIpc) is 3.25. The van der Waals surface area contributed by atoms with Crippen LogP contribution in [0.4, 0.5) is 5.69 Å². The number of hydrogen-bond acceptors (Lipinski definition) is 6. The first-order valence-corrected chi connectivity index (χ1v) is 10.5. The summed E-state index contributed by atoms with van der Waals surface area (Å²) in [6.07, 6.45) is 0.521. The molecule has 3 aromatic carbocycles. The van der Waals surface area contributed by atoms with Gasteiger partial charge in [-0.2, -0.15) is 0 Å². The van der Waals surface area contributed by atoms with Gasteiger partial charge in [0.05, 0.1) is 0 Å². The Hall–Kier alpha value is -4.40. The van der Waals surface area contributed by atoms with Crippen molar-refractivity contribution < 1.29 is 14.4 Å². The Kier molecular flexibility index (Phi) is 5.14. The molecule has 4 aromatic rings. The highest BCUT2D eigenvalue weighted by Crippen LogP contribution is 2.30. The van der Waals surface area contributed by atoms with E-state index in [2.05, 4.69) is 20.8 Å². The lowest BCUT2D eigenvalue weighted by Crippen LogP contribution is -2.41. The Balaban J connectivity index is 1.23. The summed E-state index contributed by atoms with van der Waals surface area (Å²) in [5.74, 6) is -0.268. The first-order valence-electron chi connectivity index (χ1n) is 10.5. The minimum Gasteiger partial charge on any atom is -0.326 e. The van der Waals surface area contributed by atoms with Gasteiger partial charge in [0.15, 0.2) is 5.82 Å². The van der Waals surface area contributed by atoms with Gasteiger partial charge >= 0.3 is 0 Å². The smallest absolute Gasteiger partial charge is 0.261 e. The third-order valence-electron chi connectivity index (χ3n) is 5.67. The van der Waals surface area contributed by atoms with E-state index >= 15 is 0 Å². The number of carbonyl (C=O) groups excluding carboxylic acids is 3. The van der Waals surface area contributed by atoms with Crippen LogP contribution in [0.25, 0.3) is 22.2 Å². The topological polar surface area (TPSA) is 110 Å². The van der Waals surface area contributed by atoms with Gasteiger partial charge in [-0.1, -0.05) is 36.4 Å². The number of nitrogens with zero attached hydrogens (tertiary/aromatic N) is 5. The van der Waals surface area contributed by atoms with E-state index in [0.717, 1.165) is 10.9 Å². The predicted molar refractivity (Wildman–Crippen MR) is 121 cm³/mol. The summed E-state index contributed by atoms with van der Waals surface area (Å²) in [4.78, 5) is 39.6.